The molecular weight excluding hydrogens is 246 g/mol. The second-order valence-electron chi connectivity index (χ2n) is 6.90. The van der Waals surface area contributed by atoms with E-state index < -0.39 is 23.7 Å². The minimum absolute atomic E-state index is 0.262. The number of hydrogen-bond donors (Lipinski definition) is 1. The molecule has 0 aromatic heterocycles. The van der Waals surface area contributed by atoms with Crippen LogP contribution in [0.15, 0.2) is 0 Å². The SMILES string of the molecule is COC(=O)C(CC12CC(C1)C2)NC(=O)OC(C)(C)C. The summed E-state index contributed by atoms with van der Waals surface area (Å²) in [5, 5.41) is 2.64. The van der Waals surface area contributed by atoms with E-state index in [2.05, 4.69) is 5.32 Å². The van der Waals surface area contributed by atoms with E-state index in [9.17, 15) is 9.59 Å². The number of methoxy groups -OCH3 is 1. The Labute approximate surface area is 114 Å². The first-order valence-corrected chi connectivity index (χ1v) is 6.80. The maximum atomic E-state index is 11.8. The molecule has 0 saturated heterocycles. The number of carbonyl (C=O) groups is 2. The maximum Gasteiger partial charge on any atom is 0.408 e. The zero-order valence-corrected chi connectivity index (χ0v) is 12.1. The molecular formula is C14H23NO4. The Morgan fingerprint density at radius 2 is 1.89 bits per heavy atom. The topological polar surface area (TPSA) is 64.6 Å². The van der Waals surface area contributed by atoms with Crippen LogP contribution in [0.3, 0.4) is 0 Å². The van der Waals surface area contributed by atoms with Gasteiger partial charge in [-0.15, -0.1) is 0 Å². The largest absolute Gasteiger partial charge is 0.467 e. The Kier molecular flexibility index (Phi) is 3.49. The van der Waals surface area contributed by atoms with Crippen molar-refractivity contribution in [2.24, 2.45) is 11.3 Å². The molecule has 1 atom stereocenters. The molecule has 0 spiro atoms. The maximum absolute atomic E-state index is 11.8. The predicted molar refractivity (Wildman–Crippen MR) is 69.6 cm³/mol. The number of hydrogen-bond acceptors (Lipinski definition) is 4. The molecule has 5 heteroatoms. The summed E-state index contributed by atoms with van der Waals surface area (Å²) in [6, 6.07) is -0.596. The third-order valence-corrected chi connectivity index (χ3v) is 3.98. The van der Waals surface area contributed by atoms with Crippen LogP contribution in [-0.4, -0.2) is 30.8 Å². The molecule has 0 aromatic rings. The van der Waals surface area contributed by atoms with Gasteiger partial charge in [0.05, 0.1) is 7.11 Å². The lowest BCUT2D eigenvalue weighted by Crippen LogP contribution is -2.57. The molecule has 0 heterocycles. The zero-order chi connectivity index (χ0) is 14.3. The first-order valence-electron chi connectivity index (χ1n) is 6.80. The number of amides is 1. The number of carbonyl (C=O) groups excluding carboxylic acids is 2. The van der Waals surface area contributed by atoms with E-state index in [1.54, 1.807) is 20.8 Å². The van der Waals surface area contributed by atoms with E-state index in [0.717, 1.165) is 5.92 Å². The Morgan fingerprint density at radius 3 is 2.26 bits per heavy atom. The molecule has 1 N–H and O–H groups in total. The van der Waals surface area contributed by atoms with E-state index in [1.807, 2.05) is 0 Å². The van der Waals surface area contributed by atoms with Crippen molar-refractivity contribution in [3.8, 4) is 0 Å². The van der Waals surface area contributed by atoms with Crippen LogP contribution >= 0.6 is 0 Å². The molecule has 0 aromatic carbocycles. The second kappa shape index (κ2) is 4.69. The van der Waals surface area contributed by atoms with Gasteiger partial charge < -0.3 is 14.8 Å². The fraction of sp³-hybridized carbons (Fsp3) is 0.857. The molecule has 1 unspecified atom stereocenters. The smallest absolute Gasteiger partial charge is 0.408 e. The average molecular weight is 269 g/mol. The molecule has 5 nitrogen and oxygen atoms in total. The third kappa shape index (κ3) is 3.19. The predicted octanol–water partition coefficient (Wildman–Crippen LogP) is 2.24. The molecule has 3 rings (SSSR count). The Morgan fingerprint density at radius 1 is 1.32 bits per heavy atom. The van der Waals surface area contributed by atoms with E-state index in [-0.39, 0.29) is 5.41 Å². The van der Waals surface area contributed by atoms with Crippen molar-refractivity contribution in [2.45, 2.75) is 58.1 Å². The van der Waals surface area contributed by atoms with Crippen molar-refractivity contribution in [3.63, 3.8) is 0 Å². The standard InChI is InChI=1S/C14H23NO4/c1-13(2,3)19-12(17)15-10(11(16)18-4)8-14-5-9(6-14)7-14/h9-10H,5-8H2,1-4H3,(H,15,17). The number of esters is 1. The summed E-state index contributed by atoms with van der Waals surface area (Å²) in [5.74, 6) is 0.454. The summed E-state index contributed by atoms with van der Waals surface area (Å²) in [6.45, 7) is 5.38. The summed E-state index contributed by atoms with van der Waals surface area (Å²) in [7, 11) is 1.34. The average Bonchev–Trinajstić information content (AvgIpc) is 2.15. The van der Waals surface area contributed by atoms with Gasteiger partial charge in [0.1, 0.15) is 11.6 Å². The van der Waals surface area contributed by atoms with E-state index in [4.69, 9.17) is 9.47 Å². The molecule has 3 fully saturated rings. The molecule has 19 heavy (non-hydrogen) atoms. The third-order valence-electron chi connectivity index (χ3n) is 3.98. The summed E-state index contributed by atoms with van der Waals surface area (Å²) in [4.78, 5) is 23.5. The summed E-state index contributed by atoms with van der Waals surface area (Å²) in [6.07, 6.45) is 3.63. The number of rotatable bonds is 4. The van der Waals surface area contributed by atoms with Gasteiger partial charge in [-0.25, -0.2) is 9.59 Å². The minimum atomic E-state index is -0.596. The van der Waals surface area contributed by atoms with Gasteiger partial charge in [-0.05, 0) is 57.8 Å². The lowest BCUT2D eigenvalue weighted by atomic mass is 9.43. The Balaban J connectivity index is 1.90. The second-order valence-corrected chi connectivity index (χ2v) is 6.90. The lowest BCUT2D eigenvalue weighted by molar-refractivity contribution is -0.152. The lowest BCUT2D eigenvalue weighted by Gasteiger charge is -2.62. The van der Waals surface area contributed by atoms with Gasteiger partial charge in [0.15, 0.2) is 0 Å². The van der Waals surface area contributed by atoms with Crippen molar-refractivity contribution in [3.05, 3.63) is 0 Å². The molecule has 0 radical (unpaired) electrons. The molecule has 3 saturated carbocycles. The van der Waals surface area contributed by atoms with Gasteiger partial charge in [-0.2, -0.15) is 0 Å². The first-order chi connectivity index (χ1) is 8.73. The van der Waals surface area contributed by atoms with Crippen LogP contribution in [0.1, 0.15) is 46.5 Å². The van der Waals surface area contributed by atoms with Crippen LogP contribution in [0, 0.1) is 11.3 Å². The highest BCUT2D eigenvalue weighted by atomic mass is 16.6. The van der Waals surface area contributed by atoms with Crippen molar-refractivity contribution in [1.82, 2.24) is 5.32 Å². The van der Waals surface area contributed by atoms with Crippen LogP contribution in [-0.2, 0) is 14.3 Å². The van der Waals surface area contributed by atoms with Crippen molar-refractivity contribution in [1.29, 1.82) is 0 Å². The van der Waals surface area contributed by atoms with Gasteiger partial charge >= 0.3 is 12.1 Å². The van der Waals surface area contributed by atoms with Crippen LogP contribution < -0.4 is 5.32 Å². The molecule has 3 aliphatic carbocycles. The van der Waals surface area contributed by atoms with Crippen LogP contribution in [0.25, 0.3) is 0 Å². The fourth-order valence-electron chi connectivity index (χ4n) is 3.13. The van der Waals surface area contributed by atoms with Gasteiger partial charge in [0, 0.05) is 0 Å². The number of ether oxygens (including phenoxy) is 2. The molecule has 1 amide bonds. The molecule has 108 valence electrons. The van der Waals surface area contributed by atoms with Gasteiger partial charge in [-0.1, -0.05) is 0 Å². The number of nitrogens with one attached hydrogen (secondary N) is 1. The number of alkyl carbamates (subject to hydrolysis) is 1. The molecule has 2 bridgehead atoms. The van der Waals surface area contributed by atoms with Gasteiger partial charge in [0.25, 0.3) is 0 Å². The quantitative estimate of drug-likeness (QED) is 0.795. The molecule has 3 aliphatic rings. The van der Waals surface area contributed by atoms with Crippen molar-refractivity contribution >= 4 is 12.1 Å². The van der Waals surface area contributed by atoms with Crippen molar-refractivity contribution < 1.29 is 19.1 Å². The van der Waals surface area contributed by atoms with Crippen LogP contribution in [0.5, 0.6) is 0 Å². The summed E-state index contributed by atoms with van der Waals surface area (Å²) >= 11 is 0. The van der Waals surface area contributed by atoms with E-state index in [0.29, 0.717) is 6.42 Å². The Bertz CT molecular complexity index is 368. The van der Waals surface area contributed by atoms with Crippen molar-refractivity contribution in [2.75, 3.05) is 7.11 Å². The molecule has 0 aliphatic heterocycles. The fourth-order valence-corrected chi connectivity index (χ4v) is 3.13. The Hall–Kier alpha value is -1.26. The van der Waals surface area contributed by atoms with Gasteiger partial charge in [0.2, 0.25) is 0 Å². The zero-order valence-electron chi connectivity index (χ0n) is 12.1. The minimum Gasteiger partial charge on any atom is -0.467 e. The van der Waals surface area contributed by atoms with Crippen LogP contribution in [0.4, 0.5) is 4.79 Å². The highest BCUT2D eigenvalue weighted by Gasteiger charge is 2.57. The highest BCUT2D eigenvalue weighted by Crippen LogP contribution is 2.66. The summed E-state index contributed by atoms with van der Waals surface area (Å²) < 4.78 is 9.95. The van der Waals surface area contributed by atoms with Gasteiger partial charge in [-0.3, -0.25) is 0 Å². The van der Waals surface area contributed by atoms with E-state index >= 15 is 0 Å². The normalized spacial score (nSPS) is 29.6. The first kappa shape index (κ1) is 14.2. The van der Waals surface area contributed by atoms with E-state index in [1.165, 1.54) is 26.4 Å². The highest BCUT2D eigenvalue weighted by molar-refractivity contribution is 5.81. The van der Waals surface area contributed by atoms with Crippen LogP contribution in [0.2, 0.25) is 0 Å². The summed E-state index contributed by atoms with van der Waals surface area (Å²) in [5.41, 5.74) is -0.306. The monoisotopic (exact) mass is 269 g/mol.